The lowest BCUT2D eigenvalue weighted by Gasteiger charge is -2.01. The fourth-order valence-electron chi connectivity index (χ4n) is 11.8. The van der Waals surface area contributed by atoms with Gasteiger partial charge < -0.3 is 0 Å². The zero-order valence-electron chi connectivity index (χ0n) is 51.3. The molecule has 94 heavy (non-hydrogen) atoms. The van der Waals surface area contributed by atoms with Crippen molar-refractivity contribution in [1.82, 2.24) is 34.9 Å². The average Bonchev–Trinajstić information content (AvgIpc) is 1.06. The Hall–Kier alpha value is -12.7. The lowest BCUT2D eigenvalue weighted by atomic mass is 10.1. The van der Waals surface area contributed by atoms with E-state index in [-0.39, 0.29) is 0 Å². The van der Waals surface area contributed by atoms with Crippen molar-refractivity contribution >= 4 is 141 Å². The zero-order valence-corrected chi connectivity index (χ0v) is 51.3. The van der Waals surface area contributed by atoms with E-state index >= 15 is 0 Å². The van der Waals surface area contributed by atoms with Crippen LogP contribution in [0.2, 0.25) is 0 Å². The van der Waals surface area contributed by atoms with Crippen LogP contribution in [-0.2, 0) is 0 Å². The van der Waals surface area contributed by atoms with E-state index in [1.807, 2.05) is 104 Å². The van der Waals surface area contributed by atoms with Crippen molar-refractivity contribution in [3.8, 4) is 0 Å². The maximum Gasteiger partial charge on any atom is 0.0780 e. The van der Waals surface area contributed by atoms with Crippen molar-refractivity contribution in [2.24, 2.45) is 0 Å². The first-order valence-electron chi connectivity index (χ1n) is 31.3. The first-order valence-corrected chi connectivity index (χ1v) is 31.3. The normalized spacial score (nSPS) is 10.8. The molecular weight excluding hydrogens is 1140 g/mol. The molecule has 0 radical (unpaired) electrons. The Labute approximate surface area is 543 Å². The lowest BCUT2D eigenvalue weighted by molar-refractivity contribution is 1.41. The second-order valence-electron chi connectivity index (χ2n) is 22.4. The van der Waals surface area contributed by atoms with Gasteiger partial charge in [-0.15, -0.1) is 0 Å². The smallest absolute Gasteiger partial charge is 0.0780 e. The van der Waals surface area contributed by atoms with Gasteiger partial charge in [-0.1, -0.05) is 243 Å². The second-order valence-corrected chi connectivity index (χ2v) is 22.4. The monoisotopic (exact) mass is 1200 g/mol. The van der Waals surface area contributed by atoms with E-state index in [2.05, 4.69) is 302 Å². The highest BCUT2D eigenvalue weighted by molar-refractivity contribution is 6.08. The van der Waals surface area contributed by atoms with Crippen LogP contribution in [0.15, 0.2) is 371 Å². The third-order valence-electron chi connectivity index (χ3n) is 16.5. The van der Waals surface area contributed by atoms with Gasteiger partial charge >= 0.3 is 0 Å². The molecule has 444 valence electrons. The summed E-state index contributed by atoms with van der Waals surface area (Å²) in [7, 11) is 0. The molecule has 0 N–H and O–H groups in total. The van der Waals surface area contributed by atoms with Crippen molar-refractivity contribution in [3.05, 3.63) is 371 Å². The molecule has 20 rings (SSSR count). The van der Waals surface area contributed by atoms with Crippen LogP contribution in [0.5, 0.6) is 0 Å². The van der Waals surface area contributed by atoms with Crippen molar-refractivity contribution in [1.29, 1.82) is 0 Å². The van der Waals surface area contributed by atoms with Gasteiger partial charge in [-0.2, -0.15) is 0 Å². The summed E-state index contributed by atoms with van der Waals surface area (Å²) >= 11 is 0. The van der Waals surface area contributed by atoms with E-state index in [9.17, 15) is 0 Å². The Bertz CT molecular complexity index is 4900. The van der Waals surface area contributed by atoms with Crippen LogP contribution in [-0.4, -0.2) is 34.9 Å². The maximum atomic E-state index is 4.41. The first kappa shape index (κ1) is 58.9. The maximum absolute atomic E-state index is 4.41. The predicted molar refractivity (Wildman–Crippen MR) is 397 cm³/mol. The number of hydrogen-bond donors (Lipinski definition) is 0. The topological polar surface area (TPSA) is 90.2 Å². The summed E-state index contributed by atoms with van der Waals surface area (Å²) in [6, 6.07) is 112. The molecule has 0 amide bonds. The molecule has 7 heteroatoms. The molecule has 7 nitrogen and oxygen atoms in total. The highest BCUT2D eigenvalue weighted by Gasteiger charge is 2.04. The molecule has 0 unspecified atom stereocenters. The molecule has 7 heterocycles. The van der Waals surface area contributed by atoms with E-state index in [1.165, 1.54) is 102 Å². The molecule has 20 aromatic rings. The van der Waals surface area contributed by atoms with E-state index in [1.54, 1.807) is 0 Å². The van der Waals surface area contributed by atoms with Crippen molar-refractivity contribution in [3.63, 3.8) is 0 Å². The summed E-state index contributed by atoms with van der Waals surface area (Å²) in [6.45, 7) is 0. The molecule has 0 saturated heterocycles. The van der Waals surface area contributed by atoms with Crippen LogP contribution in [0.4, 0.5) is 0 Å². The number of fused-ring (bicyclic) bond motifs is 17. The third-order valence-corrected chi connectivity index (χ3v) is 16.5. The molecule has 0 aliphatic rings. The fraction of sp³-hybridized carbons (Fsp3) is 0. The third kappa shape index (κ3) is 13.6. The average molecular weight is 1200 g/mol. The van der Waals surface area contributed by atoms with Gasteiger partial charge in [-0.25, -0.2) is 0 Å². The standard InChI is InChI=1S/6C13H9N.C9H7N/c2*1-2-6-12-10(4-1)7-8-11-5-3-9-14-13(11)12;2*1-2-5-11-10(4-1)7-8-13-12(11)6-3-9-14-13;2*1-2-5-11-9-13-12(6-3-7-14-13)8-10(11)4-1;1-2-6-9-8(4-1)5-3-7-10-9/h6*1-9H;1-7H. The first-order chi connectivity index (χ1) is 46.6. The Morgan fingerprint density at radius 2 is 0.383 bits per heavy atom. The largest absolute Gasteiger partial charge is 0.256 e. The minimum atomic E-state index is 1.06. The quantitative estimate of drug-likeness (QED) is 0.110. The number of hydrogen-bond acceptors (Lipinski definition) is 7. The highest BCUT2D eigenvalue weighted by atomic mass is 14.7. The van der Waals surface area contributed by atoms with Crippen molar-refractivity contribution < 1.29 is 0 Å². The van der Waals surface area contributed by atoms with Crippen LogP contribution in [0.25, 0.3) is 141 Å². The molecule has 0 saturated carbocycles. The Morgan fingerprint density at radius 1 is 0.128 bits per heavy atom. The van der Waals surface area contributed by atoms with Gasteiger partial charge in [-0.05, 0) is 139 Å². The fourth-order valence-corrected chi connectivity index (χ4v) is 11.8. The van der Waals surface area contributed by atoms with E-state index in [4.69, 9.17) is 0 Å². The summed E-state index contributed by atoms with van der Waals surface area (Å²) < 4.78 is 0. The molecule has 0 fully saturated rings. The summed E-state index contributed by atoms with van der Waals surface area (Å²) in [5, 5.41) is 23.5. The Balaban J connectivity index is 0.0000000949. The molecular formula is C87H61N7. The summed E-state index contributed by atoms with van der Waals surface area (Å²) in [5.41, 5.74) is 7.48. The number of aromatic nitrogens is 7. The highest BCUT2D eigenvalue weighted by Crippen LogP contribution is 2.28. The van der Waals surface area contributed by atoms with Crippen LogP contribution >= 0.6 is 0 Å². The molecule has 0 spiro atoms. The molecule has 0 aliphatic heterocycles. The second kappa shape index (κ2) is 28.4. The van der Waals surface area contributed by atoms with Crippen molar-refractivity contribution in [2.75, 3.05) is 0 Å². The summed E-state index contributed by atoms with van der Waals surface area (Å²) in [5.74, 6) is 0. The van der Waals surface area contributed by atoms with Gasteiger partial charge in [-0.3, -0.25) is 34.9 Å². The minimum Gasteiger partial charge on any atom is -0.256 e. The molecule has 0 atom stereocenters. The predicted octanol–water partition coefficient (Wildman–Crippen LogP) is 22.6. The van der Waals surface area contributed by atoms with E-state index in [0.717, 1.165) is 38.6 Å². The van der Waals surface area contributed by atoms with E-state index in [0.29, 0.717) is 0 Å². The van der Waals surface area contributed by atoms with Crippen LogP contribution in [0.3, 0.4) is 0 Å². The van der Waals surface area contributed by atoms with Gasteiger partial charge in [0.1, 0.15) is 0 Å². The summed E-state index contributed by atoms with van der Waals surface area (Å²) in [4.78, 5) is 30.3. The van der Waals surface area contributed by atoms with Gasteiger partial charge in [0.2, 0.25) is 0 Å². The van der Waals surface area contributed by atoms with Crippen LogP contribution < -0.4 is 0 Å². The van der Waals surface area contributed by atoms with E-state index < -0.39 is 0 Å². The van der Waals surface area contributed by atoms with Gasteiger partial charge in [0.25, 0.3) is 0 Å². The number of pyridine rings is 7. The zero-order chi connectivity index (χ0) is 63.1. The molecule has 0 bridgehead atoms. The lowest BCUT2D eigenvalue weighted by Crippen LogP contribution is -1.79. The number of para-hydroxylation sites is 1. The minimum absolute atomic E-state index is 1.06. The number of benzene rings is 13. The van der Waals surface area contributed by atoms with Gasteiger partial charge in [0, 0.05) is 91.9 Å². The Morgan fingerprint density at radius 3 is 0.809 bits per heavy atom. The van der Waals surface area contributed by atoms with Crippen molar-refractivity contribution in [2.45, 2.75) is 0 Å². The van der Waals surface area contributed by atoms with Gasteiger partial charge in [0.05, 0.1) is 38.6 Å². The molecule has 13 aromatic carbocycles. The molecule has 7 aromatic heterocycles. The Kier molecular flexibility index (Phi) is 17.8. The van der Waals surface area contributed by atoms with Gasteiger partial charge in [0.15, 0.2) is 0 Å². The molecule has 0 aliphatic carbocycles. The summed E-state index contributed by atoms with van der Waals surface area (Å²) in [6.07, 6.45) is 12.8. The SMILES string of the molecule is c1ccc2c(c1)ccc1cccnc12.c1ccc2c(c1)ccc1cccnc12.c1ccc2c(c1)ccc1ncccc12.c1ccc2c(c1)ccc1ncccc12.c1ccc2cc3ncccc3cc2c1.c1ccc2cc3ncccc3cc2c1.c1ccc2ncccc2c1. The van der Waals surface area contributed by atoms with Crippen LogP contribution in [0.1, 0.15) is 0 Å². The number of rotatable bonds is 0. The number of nitrogens with zero attached hydrogens (tertiary/aromatic N) is 7. The van der Waals surface area contributed by atoms with Crippen LogP contribution in [0, 0.1) is 0 Å².